The molecule has 2 aromatic carbocycles. The van der Waals surface area contributed by atoms with Crippen LogP contribution >= 0.6 is 0 Å². The topological polar surface area (TPSA) is 123 Å². The largest absolute Gasteiger partial charge is 0.497 e. The number of hydrogen-bond acceptors (Lipinski definition) is 6. The molecule has 0 aromatic heterocycles. The molecule has 0 radical (unpaired) electrons. The maximum atomic E-state index is 11.9. The molecule has 26 heavy (non-hydrogen) atoms. The summed E-state index contributed by atoms with van der Waals surface area (Å²) >= 11 is 0. The molecular weight excluding hydrogens is 340 g/mol. The Labute approximate surface area is 148 Å². The molecule has 0 atom stereocenters. The minimum absolute atomic E-state index is 0.127. The number of amides is 2. The van der Waals surface area contributed by atoms with E-state index in [1.807, 2.05) is 0 Å². The molecule has 0 unspecified atom stereocenters. The molecule has 134 valence electrons. The van der Waals surface area contributed by atoms with E-state index in [4.69, 9.17) is 4.74 Å². The molecule has 0 spiro atoms. The van der Waals surface area contributed by atoms with E-state index in [2.05, 4.69) is 15.8 Å². The number of benzene rings is 2. The zero-order chi connectivity index (χ0) is 18.9. The number of nitro groups is 1. The van der Waals surface area contributed by atoms with E-state index in [0.29, 0.717) is 11.3 Å². The minimum atomic E-state index is -0.568. The molecule has 0 fully saturated rings. The Morgan fingerprint density at radius 2 is 1.88 bits per heavy atom. The predicted octanol–water partition coefficient (Wildman–Crippen LogP) is 1.48. The fourth-order valence-corrected chi connectivity index (χ4v) is 1.98. The number of para-hydroxylation sites is 1. The van der Waals surface area contributed by atoms with Gasteiger partial charge in [0.2, 0.25) is 0 Å². The number of ether oxygens (including phenoxy) is 1. The van der Waals surface area contributed by atoms with Crippen LogP contribution in [0.15, 0.2) is 53.6 Å². The van der Waals surface area contributed by atoms with Gasteiger partial charge in [0.15, 0.2) is 0 Å². The second-order valence-corrected chi connectivity index (χ2v) is 5.02. The van der Waals surface area contributed by atoms with Crippen LogP contribution in [-0.2, 0) is 4.79 Å². The van der Waals surface area contributed by atoms with Crippen molar-refractivity contribution in [3.63, 3.8) is 0 Å². The molecule has 2 rings (SSSR count). The molecule has 0 aliphatic heterocycles. The molecule has 0 saturated heterocycles. The van der Waals surface area contributed by atoms with Gasteiger partial charge in [-0.2, -0.15) is 5.10 Å². The van der Waals surface area contributed by atoms with Crippen molar-refractivity contribution >= 4 is 23.7 Å². The van der Waals surface area contributed by atoms with E-state index in [1.54, 1.807) is 30.3 Å². The van der Waals surface area contributed by atoms with Crippen LogP contribution in [0.3, 0.4) is 0 Å². The fraction of sp³-hybridized carbons (Fsp3) is 0.118. The van der Waals surface area contributed by atoms with Crippen molar-refractivity contribution in [1.29, 1.82) is 0 Å². The summed E-state index contributed by atoms with van der Waals surface area (Å²) in [6.45, 7) is -0.293. The van der Waals surface area contributed by atoms with Crippen LogP contribution in [0.25, 0.3) is 0 Å². The van der Waals surface area contributed by atoms with Crippen molar-refractivity contribution in [2.24, 2.45) is 5.10 Å². The van der Waals surface area contributed by atoms with Gasteiger partial charge in [-0.15, -0.1) is 0 Å². The Balaban J connectivity index is 1.85. The molecule has 2 amide bonds. The van der Waals surface area contributed by atoms with Crippen LogP contribution in [0.5, 0.6) is 5.75 Å². The van der Waals surface area contributed by atoms with E-state index < -0.39 is 16.7 Å². The number of hydrogen-bond donors (Lipinski definition) is 2. The number of carbonyl (C=O) groups is 2. The van der Waals surface area contributed by atoms with Crippen molar-refractivity contribution in [3.8, 4) is 5.75 Å². The maximum Gasteiger partial charge on any atom is 0.278 e. The average molecular weight is 356 g/mol. The van der Waals surface area contributed by atoms with Crippen molar-refractivity contribution in [2.45, 2.75) is 0 Å². The molecule has 9 heteroatoms. The first-order valence-corrected chi connectivity index (χ1v) is 7.49. The highest BCUT2D eigenvalue weighted by molar-refractivity contribution is 5.96. The van der Waals surface area contributed by atoms with E-state index in [9.17, 15) is 19.7 Å². The summed E-state index contributed by atoms with van der Waals surface area (Å²) in [5.74, 6) is -0.379. The lowest BCUT2D eigenvalue weighted by Crippen LogP contribution is -2.34. The monoisotopic (exact) mass is 356 g/mol. The van der Waals surface area contributed by atoms with Crippen LogP contribution in [0.1, 0.15) is 15.9 Å². The van der Waals surface area contributed by atoms with Crippen molar-refractivity contribution < 1.29 is 19.2 Å². The zero-order valence-electron chi connectivity index (χ0n) is 13.8. The van der Waals surface area contributed by atoms with Crippen LogP contribution in [0.2, 0.25) is 0 Å². The van der Waals surface area contributed by atoms with Crippen LogP contribution in [0, 0.1) is 10.1 Å². The smallest absolute Gasteiger partial charge is 0.278 e. The van der Waals surface area contributed by atoms with Crippen LogP contribution < -0.4 is 15.5 Å². The highest BCUT2D eigenvalue weighted by Crippen LogP contribution is 2.15. The lowest BCUT2D eigenvalue weighted by molar-refractivity contribution is -0.385. The first-order valence-electron chi connectivity index (χ1n) is 7.49. The lowest BCUT2D eigenvalue weighted by Gasteiger charge is -2.05. The summed E-state index contributed by atoms with van der Waals surface area (Å²) < 4.78 is 5.00. The summed E-state index contributed by atoms with van der Waals surface area (Å²) in [5, 5.41) is 17.0. The average Bonchev–Trinajstić information content (AvgIpc) is 2.66. The first-order chi connectivity index (χ1) is 12.5. The number of nitro benzene ring substituents is 1. The number of rotatable bonds is 7. The molecular formula is C17H16N4O5. The molecule has 0 bridgehead atoms. The van der Waals surface area contributed by atoms with Crippen LogP contribution in [0.4, 0.5) is 5.69 Å². The Bertz CT molecular complexity index is 833. The van der Waals surface area contributed by atoms with Gasteiger partial charge in [0.25, 0.3) is 17.5 Å². The zero-order valence-corrected chi connectivity index (χ0v) is 13.8. The van der Waals surface area contributed by atoms with E-state index >= 15 is 0 Å². The van der Waals surface area contributed by atoms with Gasteiger partial charge < -0.3 is 10.1 Å². The van der Waals surface area contributed by atoms with Gasteiger partial charge in [-0.25, -0.2) is 5.43 Å². The molecule has 0 heterocycles. The van der Waals surface area contributed by atoms with Crippen molar-refractivity contribution in [3.05, 3.63) is 69.8 Å². The second-order valence-electron chi connectivity index (χ2n) is 5.02. The molecule has 2 N–H and O–H groups in total. The predicted molar refractivity (Wildman–Crippen MR) is 94.2 cm³/mol. The highest BCUT2D eigenvalue weighted by Gasteiger charge is 2.10. The second kappa shape index (κ2) is 8.92. The molecule has 0 saturated carbocycles. The quantitative estimate of drug-likeness (QED) is 0.442. The van der Waals surface area contributed by atoms with Gasteiger partial charge in [-0.1, -0.05) is 12.1 Å². The number of nitrogens with one attached hydrogen (secondary N) is 2. The summed E-state index contributed by atoms with van der Waals surface area (Å²) in [6.07, 6.45) is 1.17. The maximum absolute atomic E-state index is 11.9. The fourth-order valence-electron chi connectivity index (χ4n) is 1.98. The number of methoxy groups -OCH3 is 1. The van der Waals surface area contributed by atoms with Gasteiger partial charge in [0.05, 0.1) is 30.4 Å². The standard InChI is InChI=1S/C17H16N4O5/c1-26-14-8-6-12(7-9-14)17(23)18-11-16(22)20-19-10-13-4-2-3-5-15(13)21(24)25/h2-10H,11H2,1H3,(H,18,23)(H,20,22)/b19-10+. The Morgan fingerprint density at radius 1 is 1.19 bits per heavy atom. The Morgan fingerprint density at radius 3 is 2.54 bits per heavy atom. The van der Waals surface area contributed by atoms with Crippen molar-refractivity contribution in [2.75, 3.05) is 13.7 Å². The van der Waals surface area contributed by atoms with E-state index in [0.717, 1.165) is 0 Å². The highest BCUT2D eigenvalue weighted by atomic mass is 16.6. The number of hydrazone groups is 1. The third kappa shape index (κ3) is 5.13. The Kier molecular flexibility index (Phi) is 6.38. The lowest BCUT2D eigenvalue weighted by atomic mass is 10.2. The van der Waals surface area contributed by atoms with Gasteiger partial charge in [-0.3, -0.25) is 19.7 Å². The van der Waals surface area contributed by atoms with E-state index in [-0.39, 0.29) is 17.8 Å². The van der Waals surface area contributed by atoms with Gasteiger partial charge in [0, 0.05) is 11.6 Å². The van der Waals surface area contributed by atoms with Gasteiger partial charge in [0.1, 0.15) is 5.75 Å². The molecule has 9 nitrogen and oxygen atoms in total. The third-order valence-corrected chi connectivity index (χ3v) is 3.29. The molecule has 0 aliphatic carbocycles. The summed E-state index contributed by atoms with van der Waals surface area (Å²) in [6, 6.07) is 12.4. The minimum Gasteiger partial charge on any atom is -0.497 e. The SMILES string of the molecule is COc1ccc(C(=O)NCC(=O)N/N=C/c2ccccc2[N+](=O)[O-])cc1. The normalized spacial score (nSPS) is 10.3. The summed E-state index contributed by atoms with van der Waals surface area (Å²) in [4.78, 5) is 33.9. The summed E-state index contributed by atoms with van der Waals surface area (Å²) in [5.41, 5.74) is 2.70. The van der Waals surface area contributed by atoms with Crippen LogP contribution in [-0.4, -0.2) is 36.6 Å². The van der Waals surface area contributed by atoms with Gasteiger partial charge in [-0.05, 0) is 30.3 Å². The number of carbonyl (C=O) groups excluding carboxylic acids is 2. The Hall–Kier alpha value is -3.75. The summed E-state index contributed by atoms with van der Waals surface area (Å²) in [7, 11) is 1.52. The molecule has 2 aromatic rings. The van der Waals surface area contributed by atoms with E-state index in [1.165, 1.54) is 31.5 Å². The molecule has 0 aliphatic rings. The number of nitrogens with zero attached hydrogens (tertiary/aromatic N) is 2. The van der Waals surface area contributed by atoms with Crippen molar-refractivity contribution in [1.82, 2.24) is 10.7 Å². The first kappa shape index (κ1) is 18.6. The third-order valence-electron chi connectivity index (χ3n) is 3.29. The van der Waals surface area contributed by atoms with Gasteiger partial charge >= 0.3 is 0 Å².